The molecule has 3 unspecified atom stereocenters. The Kier molecular flexibility index (Phi) is 2.79. The molecule has 1 fully saturated rings. The van der Waals surface area contributed by atoms with Gasteiger partial charge in [0.05, 0.1) is 6.61 Å². The van der Waals surface area contributed by atoms with Gasteiger partial charge in [-0.15, -0.1) is 0 Å². The van der Waals surface area contributed by atoms with E-state index in [9.17, 15) is 9.90 Å². The van der Waals surface area contributed by atoms with Crippen LogP contribution in [0.1, 0.15) is 6.92 Å². The molecule has 1 heterocycles. The van der Waals surface area contributed by atoms with Gasteiger partial charge in [0.25, 0.3) is 0 Å². The Morgan fingerprint density at radius 1 is 1.50 bits per heavy atom. The molecule has 5 nitrogen and oxygen atoms in total. The fraction of sp³-hybridized carbons (Fsp3) is 0.857. The number of aliphatic hydroxyl groups excluding tert-OH is 3. The molecule has 1 rings (SSSR count). The van der Waals surface area contributed by atoms with Crippen molar-refractivity contribution in [1.82, 2.24) is 0 Å². The molecule has 0 aromatic rings. The molecule has 0 aliphatic carbocycles. The summed E-state index contributed by atoms with van der Waals surface area (Å²) in [6.45, 7) is 0.987. The second-order valence-electron chi connectivity index (χ2n) is 2.90. The minimum Gasteiger partial charge on any atom is -0.393 e. The lowest BCUT2D eigenvalue weighted by molar-refractivity contribution is -0.219. The van der Waals surface area contributed by atoms with E-state index in [-0.39, 0.29) is 0 Å². The summed E-state index contributed by atoms with van der Waals surface area (Å²) in [7, 11) is 0. The molecule has 3 N–H and O–H groups in total. The minimum absolute atomic E-state index is 0.514. The van der Waals surface area contributed by atoms with Gasteiger partial charge in [-0.25, -0.2) is 0 Å². The third-order valence-corrected chi connectivity index (χ3v) is 2.03. The summed E-state index contributed by atoms with van der Waals surface area (Å²) in [6, 6.07) is 0. The molecule has 0 aromatic carbocycles. The predicted molar refractivity (Wildman–Crippen MR) is 38.1 cm³/mol. The first-order valence-electron chi connectivity index (χ1n) is 3.74. The van der Waals surface area contributed by atoms with E-state index < -0.39 is 36.8 Å². The van der Waals surface area contributed by atoms with Crippen molar-refractivity contribution < 1.29 is 24.9 Å². The van der Waals surface area contributed by atoms with Crippen molar-refractivity contribution in [2.45, 2.75) is 25.4 Å². The largest absolute Gasteiger partial charge is 0.393 e. The first-order chi connectivity index (χ1) is 5.57. The smallest absolute Gasteiger partial charge is 0.192 e. The van der Waals surface area contributed by atoms with Crippen LogP contribution in [-0.4, -0.2) is 46.2 Å². The van der Waals surface area contributed by atoms with Crippen LogP contribution in [0.4, 0.5) is 0 Å². The summed E-state index contributed by atoms with van der Waals surface area (Å²) in [5.74, 6) is -1.21. The van der Waals surface area contributed by atoms with Crippen LogP contribution in [0.25, 0.3) is 0 Å². The number of hydrogen-bond donors (Lipinski definition) is 3. The summed E-state index contributed by atoms with van der Waals surface area (Å²) in [5, 5.41) is 27.0. The van der Waals surface area contributed by atoms with Crippen molar-refractivity contribution >= 4 is 5.78 Å². The molecule has 4 atom stereocenters. The third kappa shape index (κ3) is 1.49. The maximum atomic E-state index is 11.1. The van der Waals surface area contributed by atoms with Crippen molar-refractivity contribution in [1.29, 1.82) is 0 Å². The zero-order chi connectivity index (χ0) is 9.30. The molecule has 5 heteroatoms. The minimum atomic E-state index is -1.24. The zero-order valence-corrected chi connectivity index (χ0v) is 6.67. The number of ether oxygens (including phenoxy) is 1. The number of ketones is 1. The van der Waals surface area contributed by atoms with Crippen molar-refractivity contribution in [3.05, 3.63) is 0 Å². The van der Waals surface area contributed by atoms with Crippen LogP contribution in [-0.2, 0) is 9.53 Å². The molecule has 0 amide bonds. The molecular weight excluding hydrogens is 164 g/mol. The molecule has 70 valence electrons. The number of carbonyl (C=O) groups excluding carboxylic acids is 1. The van der Waals surface area contributed by atoms with Crippen LogP contribution >= 0.6 is 0 Å². The molecule has 1 aliphatic heterocycles. The molecule has 0 radical (unpaired) electrons. The summed E-state index contributed by atoms with van der Waals surface area (Å²) in [5.41, 5.74) is 0. The van der Waals surface area contributed by atoms with E-state index in [0.717, 1.165) is 0 Å². The zero-order valence-electron chi connectivity index (χ0n) is 6.67. The van der Waals surface area contributed by atoms with E-state index in [2.05, 4.69) is 0 Å². The highest BCUT2D eigenvalue weighted by Crippen LogP contribution is 2.20. The van der Waals surface area contributed by atoms with Gasteiger partial charge in [0.1, 0.15) is 12.2 Å². The standard InChI is InChI=1S/C7H12O5/c1-3-5(9)6(10)4(2-8)12-7(3)11/h3-5,7-9,11H,2H2,1H3/t3?,4?,5?,7-/m0/s1. The van der Waals surface area contributed by atoms with Crippen LogP contribution in [0.5, 0.6) is 0 Å². The Hall–Kier alpha value is -0.490. The van der Waals surface area contributed by atoms with Crippen molar-refractivity contribution in [2.24, 2.45) is 5.92 Å². The maximum absolute atomic E-state index is 11.1. The Bertz CT molecular complexity index is 177. The molecule has 0 bridgehead atoms. The molecule has 0 saturated carbocycles. The lowest BCUT2D eigenvalue weighted by atomic mass is 9.94. The fourth-order valence-corrected chi connectivity index (χ4v) is 1.10. The van der Waals surface area contributed by atoms with Crippen molar-refractivity contribution in [2.75, 3.05) is 6.61 Å². The highest BCUT2D eigenvalue weighted by molar-refractivity contribution is 5.88. The maximum Gasteiger partial charge on any atom is 0.192 e. The number of rotatable bonds is 1. The SMILES string of the molecule is CC1C(O)C(=O)C(CO)O[C@@H]1O. The van der Waals surface area contributed by atoms with E-state index in [1.807, 2.05) is 0 Å². The van der Waals surface area contributed by atoms with E-state index >= 15 is 0 Å². The molecule has 12 heavy (non-hydrogen) atoms. The van der Waals surface area contributed by atoms with Crippen molar-refractivity contribution in [3.8, 4) is 0 Å². The number of aliphatic hydroxyl groups is 3. The van der Waals surface area contributed by atoms with Gasteiger partial charge in [0, 0.05) is 5.92 Å². The van der Waals surface area contributed by atoms with Gasteiger partial charge in [-0.3, -0.25) is 4.79 Å². The van der Waals surface area contributed by atoms with Crippen LogP contribution in [0.15, 0.2) is 0 Å². The van der Waals surface area contributed by atoms with Crippen LogP contribution < -0.4 is 0 Å². The molecule has 0 spiro atoms. The van der Waals surface area contributed by atoms with E-state index in [0.29, 0.717) is 0 Å². The monoisotopic (exact) mass is 176 g/mol. The van der Waals surface area contributed by atoms with Gasteiger partial charge in [-0.1, -0.05) is 6.92 Å². The Labute approximate surface area is 69.6 Å². The lowest BCUT2D eigenvalue weighted by Crippen LogP contribution is -2.51. The molecule has 0 aromatic heterocycles. The summed E-state index contributed by atoms with van der Waals surface area (Å²) < 4.78 is 4.73. The van der Waals surface area contributed by atoms with E-state index in [4.69, 9.17) is 14.9 Å². The molecular formula is C7H12O5. The van der Waals surface area contributed by atoms with Crippen LogP contribution in [0, 0.1) is 5.92 Å². The van der Waals surface area contributed by atoms with Crippen LogP contribution in [0.3, 0.4) is 0 Å². The topological polar surface area (TPSA) is 87.0 Å². The highest BCUT2D eigenvalue weighted by Gasteiger charge is 2.40. The average Bonchev–Trinajstić information content (AvgIpc) is 2.08. The Morgan fingerprint density at radius 2 is 2.08 bits per heavy atom. The molecule has 1 aliphatic rings. The Morgan fingerprint density at radius 3 is 2.58 bits per heavy atom. The lowest BCUT2D eigenvalue weighted by Gasteiger charge is -2.33. The Balaban J connectivity index is 2.70. The summed E-state index contributed by atoms with van der Waals surface area (Å²) >= 11 is 0. The quantitative estimate of drug-likeness (QED) is 0.441. The summed E-state index contributed by atoms with van der Waals surface area (Å²) in [4.78, 5) is 11.1. The number of hydrogen-bond acceptors (Lipinski definition) is 5. The predicted octanol–water partition coefficient (Wildman–Crippen LogP) is -1.74. The van der Waals surface area contributed by atoms with Gasteiger partial charge in [0.15, 0.2) is 12.1 Å². The highest BCUT2D eigenvalue weighted by atomic mass is 16.6. The number of carbonyl (C=O) groups is 1. The first kappa shape index (κ1) is 9.60. The third-order valence-electron chi connectivity index (χ3n) is 2.03. The van der Waals surface area contributed by atoms with Gasteiger partial charge >= 0.3 is 0 Å². The van der Waals surface area contributed by atoms with Gasteiger partial charge < -0.3 is 20.1 Å². The fourth-order valence-electron chi connectivity index (χ4n) is 1.10. The van der Waals surface area contributed by atoms with Gasteiger partial charge in [-0.2, -0.15) is 0 Å². The second-order valence-corrected chi connectivity index (χ2v) is 2.90. The number of Topliss-reactive ketones (excluding diaryl/α,β-unsaturated/α-hetero) is 1. The van der Waals surface area contributed by atoms with Crippen LogP contribution in [0.2, 0.25) is 0 Å². The van der Waals surface area contributed by atoms with Crippen molar-refractivity contribution in [3.63, 3.8) is 0 Å². The van der Waals surface area contributed by atoms with Gasteiger partial charge in [0.2, 0.25) is 0 Å². The van der Waals surface area contributed by atoms with E-state index in [1.165, 1.54) is 6.92 Å². The van der Waals surface area contributed by atoms with E-state index in [1.54, 1.807) is 0 Å². The average molecular weight is 176 g/mol. The molecule has 1 saturated heterocycles. The van der Waals surface area contributed by atoms with Gasteiger partial charge in [-0.05, 0) is 0 Å². The normalized spacial score (nSPS) is 43.2. The summed E-state index contributed by atoms with van der Waals surface area (Å²) in [6.07, 6.45) is -3.52. The first-order valence-corrected chi connectivity index (χ1v) is 3.74. The second kappa shape index (κ2) is 3.49.